The van der Waals surface area contributed by atoms with E-state index in [-0.39, 0.29) is 18.4 Å². The van der Waals surface area contributed by atoms with Crippen LogP contribution in [0, 0.1) is 0 Å². The fraction of sp³-hybridized carbons (Fsp3) is 0.529. The van der Waals surface area contributed by atoms with Crippen molar-refractivity contribution >= 4 is 29.1 Å². The van der Waals surface area contributed by atoms with Gasteiger partial charge in [0, 0.05) is 18.1 Å². The molecule has 6 nitrogen and oxygen atoms in total. The predicted molar refractivity (Wildman–Crippen MR) is 93.7 cm³/mol. The van der Waals surface area contributed by atoms with Crippen LogP contribution in [0.3, 0.4) is 0 Å². The fourth-order valence-electron chi connectivity index (χ4n) is 2.82. The Balaban J connectivity index is 1.85. The molecule has 0 spiro atoms. The third kappa shape index (κ3) is 5.39. The number of nitrogens with one attached hydrogen (secondary N) is 2. The van der Waals surface area contributed by atoms with Gasteiger partial charge in [0.1, 0.15) is 5.75 Å². The summed E-state index contributed by atoms with van der Waals surface area (Å²) in [4.78, 5) is 27.2. The molecule has 2 N–H and O–H groups in total. The zero-order valence-corrected chi connectivity index (χ0v) is 15.0. The van der Waals surface area contributed by atoms with Gasteiger partial charge in [-0.15, -0.1) is 0 Å². The molecule has 0 radical (unpaired) electrons. The van der Waals surface area contributed by atoms with Gasteiger partial charge in [0.25, 0.3) is 11.8 Å². The Morgan fingerprint density at radius 3 is 2.62 bits per heavy atom. The third-order valence-corrected chi connectivity index (χ3v) is 4.29. The monoisotopic (exact) mass is 354 g/mol. The molecule has 0 bridgehead atoms. The molecule has 2 rings (SSSR count). The average molecular weight is 355 g/mol. The average Bonchev–Trinajstić information content (AvgIpc) is 2.55. The van der Waals surface area contributed by atoms with Crippen LogP contribution in [0.15, 0.2) is 18.2 Å². The van der Waals surface area contributed by atoms with Gasteiger partial charge >= 0.3 is 0 Å². The van der Waals surface area contributed by atoms with Crippen molar-refractivity contribution in [2.75, 3.05) is 45.7 Å². The van der Waals surface area contributed by atoms with E-state index >= 15 is 0 Å². The number of amides is 2. The van der Waals surface area contributed by atoms with Crippen LogP contribution in [0.1, 0.15) is 19.3 Å². The van der Waals surface area contributed by atoms with Crippen molar-refractivity contribution in [3.8, 4) is 5.75 Å². The number of hydrogen-bond donors (Lipinski definition) is 2. The maximum atomic E-state index is 12.2. The van der Waals surface area contributed by atoms with Gasteiger partial charge in [-0.25, -0.2) is 0 Å². The van der Waals surface area contributed by atoms with Gasteiger partial charge < -0.3 is 19.9 Å². The molecule has 24 heavy (non-hydrogen) atoms. The van der Waals surface area contributed by atoms with Crippen molar-refractivity contribution in [3.63, 3.8) is 0 Å². The van der Waals surface area contributed by atoms with Crippen LogP contribution in [0.25, 0.3) is 0 Å². The molecule has 1 fully saturated rings. The van der Waals surface area contributed by atoms with Crippen molar-refractivity contribution < 1.29 is 19.2 Å². The van der Waals surface area contributed by atoms with Gasteiger partial charge in [-0.2, -0.15) is 0 Å². The number of nitrogens with zero attached hydrogens (tertiary/aromatic N) is 1. The highest BCUT2D eigenvalue weighted by molar-refractivity contribution is 6.31. The Morgan fingerprint density at radius 2 is 1.96 bits per heavy atom. The minimum absolute atomic E-state index is 0.111. The van der Waals surface area contributed by atoms with E-state index in [0.717, 1.165) is 30.8 Å². The summed E-state index contributed by atoms with van der Waals surface area (Å²) in [6, 6.07) is 5.05. The zero-order chi connectivity index (χ0) is 17.5. The minimum atomic E-state index is -0.181. The third-order valence-electron chi connectivity index (χ3n) is 4.06. The first-order chi connectivity index (χ1) is 11.5. The summed E-state index contributed by atoms with van der Waals surface area (Å²) in [5, 5.41) is 3.31. The van der Waals surface area contributed by atoms with Crippen molar-refractivity contribution in [1.82, 2.24) is 4.90 Å². The Bertz CT molecular complexity index is 588. The van der Waals surface area contributed by atoms with Gasteiger partial charge in [-0.05, 0) is 37.5 Å². The molecule has 1 aliphatic heterocycles. The summed E-state index contributed by atoms with van der Waals surface area (Å²) >= 11 is 5.96. The van der Waals surface area contributed by atoms with Crippen molar-refractivity contribution in [1.29, 1.82) is 0 Å². The quantitative estimate of drug-likeness (QED) is 0.795. The van der Waals surface area contributed by atoms with E-state index in [0.29, 0.717) is 23.0 Å². The molecule has 7 heteroatoms. The Hall–Kier alpha value is -1.79. The van der Waals surface area contributed by atoms with Crippen LogP contribution in [0.5, 0.6) is 5.75 Å². The van der Waals surface area contributed by atoms with Crippen LogP contribution in [0.4, 0.5) is 5.69 Å². The van der Waals surface area contributed by atoms with Crippen molar-refractivity contribution in [2.24, 2.45) is 0 Å². The summed E-state index contributed by atoms with van der Waals surface area (Å²) in [5.41, 5.74) is 0.533. The van der Waals surface area contributed by atoms with Crippen LogP contribution < -0.4 is 15.0 Å². The Labute approximate surface area is 147 Å². The standard InChI is InChI=1S/C17H24ClN3O3/c1-20(12-17(23)21-8-4-3-5-9-21)11-16(22)19-14-10-13(18)6-7-15(14)24-2/h6-7,10H,3-5,8-9,11-12H2,1-2H3,(H,19,22)/p+1. The number of rotatable bonds is 6. The molecular formula is C17H25ClN3O3+. The number of anilines is 1. The molecule has 1 unspecified atom stereocenters. The first kappa shape index (κ1) is 18.5. The highest BCUT2D eigenvalue weighted by atomic mass is 35.5. The summed E-state index contributed by atoms with van der Waals surface area (Å²) < 4.78 is 5.21. The molecule has 0 aliphatic carbocycles. The smallest absolute Gasteiger partial charge is 0.279 e. The van der Waals surface area contributed by atoms with E-state index < -0.39 is 0 Å². The molecule has 1 aromatic carbocycles. The number of likely N-dealkylation sites (tertiary alicyclic amines) is 1. The molecule has 1 aromatic rings. The number of hydrogen-bond acceptors (Lipinski definition) is 3. The molecule has 132 valence electrons. The minimum Gasteiger partial charge on any atom is -0.495 e. The highest BCUT2D eigenvalue weighted by Crippen LogP contribution is 2.27. The van der Waals surface area contributed by atoms with E-state index in [1.807, 2.05) is 11.9 Å². The number of halogens is 1. The lowest BCUT2D eigenvalue weighted by molar-refractivity contribution is -0.862. The summed E-state index contributed by atoms with van der Waals surface area (Å²) in [6.07, 6.45) is 3.33. The zero-order valence-electron chi connectivity index (χ0n) is 14.2. The lowest BCUT2D eigenvalue weighted by atomic mass is 10.1. The molecule has 1 atom stereocenters. The number of quaternary nitrogens is 1. The molecule has 0 aromatic heterocycles. The fourth-order valence-corrected chi connectivity index (χ4v) is 2.99. The van der Waals surface area contributed by atoms with Gasteiger partial charge in [0.05, 0.1) is 19.8 Å². The predicted octanol–water partition coefficient (Wildman–Crippen LogP) is 0.814. The molecule has 1 heterocycles. The lowest BCUT2D eigenvalue weighted by Crippen LogP contribution is -3.11. The van der Waals surface area contributed by atoms with E-state index in [1.54, 1.807) is 18.2 Å². The maximum Gasteiger partial charge on any atom is 0.279 e. The Kier molecular flexibility index (Phi) is 6.87. The highest BCUT2D eigenvalue weighted by Gasteiger charge is 2.21. The van der Waals surface area contributed by atoms with Crippen LogP contribution in [-0.2, 0) is 9.59 Å². The van der Waals surface area contributed by atoms with Crippen LogP contribution in [-0.4, -0.2) is 57.1 Å². The van der Waals surface area contributed by atoms with Gasteiger partial charge in [-0.1, -0.05) is 11.6 Å². The number of benzene rings is 1. The van der Waals surface area contributed by atoms with E-state index in [1.165, 1.54) is 13.5 Å². The molecule has 1 aliphatic rings. The number of ether oxygens (including phenoxy) is 1. The number of likely N-dealkylation sites (N-methyl/N-ethyl adjacent to an activating group) is 1. The van der Waals surface area contributed by atoms with Gasteiger partial charge in [-0.3, -0.25) is 9.59 Å². The van der Waals surface area contributed by atoms with Crippen LogP contribution >= 0.6 is 11.6 Å². The van der Waals surface area contributed by atoms with E-state index in [2.05, 4.69) is 5.32 Å². The topological polar surface area (TPSA) is 63.1 Å². The van der Waals surface area contributed by atoms with E-state index in [9.17, 15) is 9.59 Å². The molecular weight excluding hydrogens is 330 g/mol. The first-order valence-electron chi connectivity index (χ1n) is 8.22. The second-order valence-electron chi connectivity index (χ2n) is 6.14. The second kappa shape index (κ2) is 8.89. The number of carbonyl (C=O) groups excluding carboxylic acids is 2. The first-order valence-corrected chi connectivity index (χ1v) is 8.60. The lowest BCUT2D eigenvalue weighted by Gasteiger charge is -2.27. The van der Waals surface area contributed by atoms with Crippen molar-refractivity contribution in [3.05, 3.63) is 23.2 Å². The summed E-state index contributed by atoms with van der Waals surface area (Å²) in [5.74, 6) is 0.481. The number of carbonyl (C=O) groups is 2. The van der Waals surface area contributed by atoms with E-state index in [4.69, 9.17) is 16.3 Å². The maximum absolute atomic E-state index is 12.2. The normalized spacial score (nSPS) is 15.7. The number of methoxy groups -OCH3 is 1. The van der Waals surface area contributed by atoms with Gasteiger partial charge in [0.2, 0.25) is 0 Å². The second-order valence-corrected chi connectivity index (χ2v) is 6.58. The van der Waals surface area contributed by atoms with Crippen molar-refractivity contribution in [2.45, 2.75) is 19.3 Å². The van der Waals surface area contributed by atoms with Gasteiger partial charge in [0.15, 0.2) is 13.1 Å². The summed E-state index contributed by atoms with van der Waals surface area (Å²) in [7, 11) is 3.38. The van der Waals surface area contributed by atoms with Crippen LogP contribution in [0.2, 0.25) is 5.02 Å². The SMILES string of the molecule is COc1ccc(Cl)cc1NC(=O)C[NH+](C)CC(=O)N1CCCCC1. The summed E-state index contributed by atoms with van der Waals surface area (Å²) in [6.45, 7) is 2.19. The molecule has 2 amide bonds. The number of piperidine rings is 1. The molecule has 0 saturated carbocycles. The largest absolute Gasteiger partial charge is 0.495 e. The Morgan fingerprint density at radius 1 is 1.25 bits per heavy atom. The molecule has 1 saturated heterocycles.